The molecule has 2 aromatic rings. The van der Waals surface area contributed by atoms with Crippen LogP contribution in [0.3, 0.4) is 0 Å². The zero-order chi connectivity index (χ0) is 26.8. The highest BCUT2D eigenvalue weighted by Gasteiger charge is 2.48. The molecule has 5 N–H and O–H groups in total. The van der Waals surface area contributed by atoms with E-state index in [0.29, 0.717) is 30.7 Å². The fourth-order valence-corrected chi connectivity index (χ4v) is 3.94. The monoisotopic (exact) mass is 517 g/mol. The summed E-state index contributed by atoms with van der Waals surface area (Å²) in [6.45, 7) is 2.43. The van der Waals surface area contributed by atoms with Gasteiger partial charge in [-0.25, -0.2) is 4.79 Å². The van der Waals surface area contributed by atoms with Gasteiger partial charge in [0.2, 0.25) is 0 Å². The molecule has 1 saturated heterocycles. The fraction of sp³-hybridized carbons (Fsp3) is 0.481. The molecule has 2 aromatic carbocycles. The normalized spacial score (nSPS) is 24.4. The van der Waals surface area contributed by atoms with Crippen molar-refractivity contribution in [3.05, 3.63) is 65.7 Å². The van der Waals surface area contributed by atoms with E-state index in [2.05, 4.69) is 5.32 Å². The molecule has 0 amide bonds. The summed E-state index contributed by atoms with van der Waals surface area (Å²) in [7, 11) is 0. The average molecular weight is 518 g/mol. The summed E-state index contributed by atoms with van der Waals surface area (Å²) in [4.78, 5) is 24.3. The summed E-state index contributed by atoms with van der Waals surface area (Å²) >= 11 is 0. The number of ether oxygens (including phenoxy) is 3. The van der Waals surface area contributed by atoms with Crippen molar-refractivity contribution in [2.24, 2.45) is 0 Å². The molecule has 6 atom stereocenters. The molecule has 0 spiro atoms. The first-order chi connectivity index (χ1) is 17.8. The van der Waals surface area contributed by atoms with Gasteiger partial charge in [-0.2, -0.15) is 0 Å². The van der Waals surface area contributed by atoms with Crippen LogP contribution in [-0.4, -0.2) is 82.3 Å². The summed E-state index contributed by atoms with van der Waals surface area (Å²) in [6.07, 6.45) is -6.87. The number of carbonyl (C=O) groups is 2. The fourth-order valence-electron chi connectivity index (χ4n) is 3.94. The van der Waals surface area contributed by atoms with Gasteiger partial charge in [-0.15, -0.1) is 0 Å². The number of hydrogen-bond donors (Lipinski definition) is 5. The van der Waals surface area contributed by atoms with Crippen molar-refractivity contribution in [1.82, 2.24) is 5.32 Å². The van der Waals surface area contributed by atoms with E-state index in [0.717, 1.165) is 18.4 Å². The van der Waals surface area contributed by atoms with Gasteiger partial charge >= 0.3 is 5.97 Å². The summed E-state index contributed by atoms with van der Waals surface area (Å²) in [5.41, 5.74) is 1.48. The van der Waals surface area contributed by atoms with Crippen LogP contribution in [0.4, 0.5) is 0 Å². The van der Waals surface area contributed by atoms with E-state index in [4.69, 9.17) is 14.2 Å². The first-order valence-corrected chi connectivity index (χ1v) is 12.4. The van der Waals surface area contributed by atoms with E-state index >= 15 is 0 Å². The van der Waals surface area contributed by atoms with Gasteiger partial charge in [0.05, 0.1) is 5.56 Å². The molecule has 1 aliphatic rings. The Morgan fingerprint density at radius 3 is 2.41 bits per heavy atom. The second-order valence-electron chi connectivity index (χ2n) is 8.88. The zero-order valence-corrected chi connectivity index (χ0v) is 20.7. The van der Waals surface area contributed by atoms with Gasteiger partial charge in [0.1, 0.15) is 36.9 Å². The van der Waals surface area contributed by atoms with E-state index in [1.807, 2.05) is 37.3 Å². The second kappa shape index (κ2) is 14.2. The number of nitrogens with one attached hydrogen (secondary N) is 1. The molecular formula is C27H35NO9. The van der Waals surface area contributed by atoms with Gasteiger partial charge in [0.25, 0.3) is 0 Å². The predicted molar refractivity (Wildman–Crippen MR) is 133 cm³/mol. The highest BCUT2D eigenvalue weighted by molar-refractivity contribution is 5.98. The van der Waals surface area contributed by atoms with Crippen LogP contribution in [0.1, 0.15) is 42.1 Å². The third-order valence-corrected chi connectivity index (χ3v) is 6.07. The number of carboxylic acid groups (broad SMARTS) is 1. The lowest BCUT2D eigenvalue weighted by molar-refractivity contribution is -0.308. The number of benzene rings is 2. The number of aliphatic carboxylic acids is 1. The molecule has 0 radical (unpaired) electrons. The van der Waals surface area contributed by atoms with E-state index in [9.17, 15) is 30.0 Å². The van der Waals surface area contributed by atoms with E-state index in [1.165, 1.54) is 0 Å². The molecule has 1 aliphatic heterocycles. The molecule has 1 fully saturated rings. The zero-order valence-electron chi connectivity index (χ0n) is 20.7. The molecular weight excluding hydrogens is 482 g/mol. The van der Waals surface area contributed by atoms with Crippen LogP contribution in [0.5, 0.6) is 5.75 Å². The molecule has 0 saturated carbocycles. The highest BCUT2D eigenvalue weighted by Crippen LogP contribution is 2.24. The Morgan fingerprint density at radius 1 is 1.00 bits per heavy atom. The minimum absolute atomic E-state index is 0.0803. The Labute approximate surface area is 215 Å². The number of aliphatic hydroxyl groups is 3. The number of para-hydroxylation sites is 1. The maximum Gasteiger partial charge on any atom is 0.335 e. The van der Waals surface area contributed by atoms with Crippen LogP contribution in [0, 0.1) is 0 Å². The number of ketones is 1. The van der Waals surface area contributed by atoms with Gasteiger partial charge in [-0.3, -0.25) is 10.1 Å². The molecule has 6 unspecified atom stereocenters. The van der Waals surface area contributed by atoms with Crippen molar-refractivity contribution < 1.29 is 44.2 Å². The number of Topliss-reactive ketones (excluding diaryl/α,β-unsaturated/α-hetero) is 1. The van der Waals surface area contributed by atoms with Crippen molar-refractivity contribution in [3.63, 3.8) is 0 Å². The Kier molecular flexibility index (Phi) is 11.0. The number of carboxylic acids is 1. The number of carbonyl (C=O) groups excluding carboxylic acids is 1. The topological polar surface area (TPSA) is 155 Å². The predicted octanol–water partition coefficient (Wildman–Crippen LogP) is 1.51. The summed E-state index contributed by atoms with van der Waals surface area (Å²) < 4.78 is 16.9. The van der Waals surface area contributed by atoms with E-state index in [-0.39, 0.29) is 12.4 Å². The molecule has 3 rings (SSSR count). The molecule has 0 aliphatic carbocycles. The van der Waals surface area contributed by atoms with Crippen molar-refractivity contribution in [1.29, 1.82) is 0 Å². The molecule has 0 bridgehead atoms. The van der Waals surface area contributed by atoms with E-state index in [1.54, 1.807) is 24.3 Å². The number of aliphatic hydroxyl groups excluding tert-OH is 3. The summed E-state index contributed by atoms with van der Waals surface area (Å²) in [6, 6.07) is 16.6. The number of aryl methyl sites for hydroxylation is 1. The van der Waals surface area contributed by atoms with Crippen LogP contribution in [-0.2, 0) is 20.7 Å². The SMILES string of the molecule is CCCCNC(COc1ccccc1C(=O)CCc1ccccc1)OC1OC(C(=O)O)C(O)C(O)C1O. The minimum atomic E-state index is -1.82. The Bertz CT molecular complexity index is 1000. The van der Waals surface area contributed by atoms with Gasteiger partial charge in [-0.05, 0) is 37.1 Å². The van der Waals surface area contributed by atoms with Gasteiger partial charge < -0.3 is 34.6 Å². The lowest BCUT2D eigenvalue weighted by atomic mass is 9.99. The van der Waals surface area contributed by atoms with Crippen LogP contribution in [0.2, 0.25) is 0 Å². The molecule has 10 heteroatoms. The number of unbranched alkanes of at least 4 members (excludes halogenated alkanes) is 1. The van der Waals surface area contributed by atoms with Crippen LogP contribution in [0.25, 0.3) is 0 Å². The molecule has 37 heavy (non-hydrogen) atoms. The standard InChI is InChI=1S/C27H35NO9/c1-2-3-15-28-21(36-27-24(32)22(30)23(31)25(37-27)26(33)34)16-35-20-12-8-7-11-18(20)19(29)14-13-17-9-5-4-6-10-17/h4-12,21-25,27-28,30-32H,2-3,13-16H2,1H3,(H,33,34). The van der Waals surface area contributed by atoms with Crippen molar-refractivity contribution in [2.45, 2.75) is 69.5 Å². The van der Waals surface area contributed by atoms with Crippen LogP contribution < -0.4 is 10.1 Å². The van der Waals surface area contributed by atoms with Crippen LogP contribution >= 0.6 is 0 Å². The van der Waals surface area contributed by atoms with Crippen molar-refractivity contribution in [2.75, 3.05) is 13.2 Å². The van der Waals surface area contributed by atoms with Crippen molar-refractivity contribution >= 4 is 11.8 Å². The average Bonchev–Trinajstić information content (AvgIpc) is 2.91. The largest absolute Gasteiger partial charge is 0.489 e. The number of rotatable bonds is 14. The molecule has 0 aromatic heterocycles. The molecule has 1 heterocycles. The third kappa shape index (κ3) is 8.06. The van der Waals surface area contributed by atoms with Gasteiger partial charge in [-0.1, -0.05) is 55.8 Å². The first-order valence-electron chi connectivity index (χ1n) is 12.4. The highest BCUT2D eigenvalue weighted by atomic mass is 16.7. The second-order valence-corrected chi connectivity index (χ2v) is 8.88. The van der Waals surface area contributed by atoms with Crippen molar-refractivity contribution in [3.8, 4) is 5.75 Å². The third-order valence-electron chi connectivity index (χ3n) is 6.07. The Balaban J connectivity index is 1.67. The maximum atomic E-state index is 12.9. The number of hydrogen-bond acceptors (Lipinski definition) is 9. The quantitative estimate of drug-likeness (QED) is 0.141. The van der Waals surface area contributed by atoms with E-state index < -0.39 is 42.9 Å². The lowest BCUT2D eigenvalue weighted by Gasteiger charge is -2.39. The summed E-state index contributed by atoms with van der Waals surface area (Å²) in [5.74, 6) is -1.22. The maximum absolute atomic E-state index is 12.9. The Morgan fingerprint density at radius 2 is 1.70 bits per heavy atom. The molecule has 202 valence electrons. The minimum Gasteiger partial charge on any atom is -0.489 e. The van der Waals surface area contributed by atoms with Gasteiger partial charge in [0.15, 0.2) is 18.2 Å². The lowest BCUT2D eigenvalue weighted by Crippen LogP contribution is -2.61. The summed E-state index contributed by atoms with van der Waals surface area (Å²) in [5, 5.41) is 42.7. The Hall–Kier alpha value is -2.86. The van der Waals surface area contributed by atoms with Crippen LogP contribution in [0.15, 0.2) is 54.6 Å². The smallest absolute Gasteiger partial charge is 0.335 e. The van der Waals surface area contributed by atoms with Gasteiger partial charge in [0, 0.05) is 6.42 Å². The first kappa shape index (κ1) is 28.7. The molecule has 10 nitrogen and oxygen atoms in total.